The molecule has 0 spiro atoms. The lowest BCUT2D eigenvalue weighted by molar-refractivity contribution is 0.771. The van der Waals surface area contributed by atoms with Crippen molar-refractivity contribution < 1.29 is 0 Å². The predicted octanol–water partition coefficient (Wildman–Crippen LogP) is 2.69. The Kier molecular flexibility index (Phi) is 2.80. The van der Waals surface area contributed by atoms with Crippen LogP contribution >= 0.6 is 11.6 Å². The zero-order valence-corrected chi connectivity index (χ0v) is 9.36. The Morgan fingerprint density at radius 2 is 2.25 bits per heavy atom. The number of nitriles is 1. The largest absolute Gasteiger partial charge is 0.339 e. The van der Waals surface area contributed by atoms with Gasteiger partial charge < -0.3 is 5.32 Å². The summed E-state index contributed by atoms with van der Waals surface area (Å²) < 4.78 is 1.70. The number of benzene rings is 1. The summed E-state index contributed by atoms with van der Waals surface area (Å²) in [4.78, 5) is 0. The Hall–Kier alpha value is -1.99. The highest BCUT2D eigenvalue weighted by molar-refractivity contribution is 6.32. The van der Waals surface area contributed by atoms with Crippen LogP contribution in [0, 0.1) is 11.3 Å². The average Bonchev–Trinajstić information content (AvgIpc) is 2.64. The first-order chi connectivity index (χ1) is 7.69. The molecular formula is C11H9ClN4. The smallest absolute Gasteiger partial charge is 0.152 e. The molecule has 0 aliphatic rings. The van der Waals surface area contributed by atoms with Crippen LogP contribution in [-0.4, -0.2) is 9.78 Å². The molecule has 0 saturated carbocycles. The molecule has 0 saturated heterocycles. The molecule has 1 aromatic carbocycles. The first-order valence-electron chi connectivity index (χ1n) is 4.65. The molecule has 0 radical (unpaired) electrons. The Morgan fingerprint density at radius 3 is 2.81 bits per heavy atom. The van der Waals surface area contributed by atoms with Gasteiger partial charge in [0.05, 0.1) is 10.6 Å². The second kappa shape index (κ2) is 4.25. The molecule has 2 rings (SSSR count). The number of nitrogens with one attached hydrogen (secondary N) is 1. The second-order valence-electron chi connectivity index (χ2n) is 3.31. The monoisotopic (exact) mass is 232 g/mol. The molecule has 1 N–H and O–H groups in total. The van der Waals surface area contributed by atoms with Gasteiger partial charge in [0.15, 0.2) is 5.82 Å². The highest BCUT2D eigenvalue weighted by Crippen LogP contribution is 2.22. The Morgan fingerprint density at radius 1 is 1.44 bits per heavy atom. The molecule has 5 heteroatoms. The van der Waals surface area contributed by atoms with Gasteiger partial charge in [0.2, 0.25) is 0 Å². The van der Waals surface area contributed by atoms with E-state index in [-0.39, 0.29) is 0 Å². The summed E-state index contributed by atoms with van der Waals surface area (Å²) in [7, 11) is 1.84. The Bertz CT molecular complexity index is 553. The van der Waals surface area contributed by atoms with E-state index in [9.17, 15) is 0 Å². The number of rotatable bonds is 2. The second-order valence-corrected chi connectivity index (χ2v) is 3.71. The van der Waals surface area contributed by atoms with Gasteiger partial charge in [-0.05, 0) is 18.2 Å². The van der Waals surface area contributed by atoms with Gasteiger partial charge in [-0.15, -0.1) is 0 Å². The van der Waals surface area contributed by atoms with Crippen LogP contribution in [-0.2, 0) is 7.05 Å². The number of nitrogens with zero attached hydrogens (tertiary/aromatic N) is 3. The van der Waals surface area contributed by atoms with Gasteiger partial charge in [0, 0.05) is 25.0 Å². The fourth-order valence-electron chi connectivity index (χ4n) is 1.31. The quantitative estimate of drug-likeness (QED) is 0.866. The molecule has 0 unspecified atom stereocenters. The topological polar surface area (TPSA) is 53.6 Å². The van der Waals surface area contributed by atoms with Crippen molar-refractivity contribution in [2.75, 3.05) is 5.32 Å². The lowest BCUT2D eigenvalue weighted by Crippen LogP contribution is -1.94. The first kappa shape index (κ1) is 10.5. The van der Waals surface area contributed by atoms with E-state index in [0.717, 1.165) is 11.5 Å². The molecule has 2 aromatic rings. The van der Waals surface area contributed by atoms with Gasteiger partial charge in [-0.3, -0.25) is 4.68 Å². The maximum absolute atomic E-state index is 8.73. The third-order valence-corrected chi connectivity index (χ3v) is 2.39. The van der Waals surface area contributed by atoms with Crippen LogP contribution in [0.5, 0.6) is 0 Å². The van der Waals surface area contributed by atoms with Gasteiger partial charge in [0.25, 0.3) is 0 Å². The van der Waals surface area contributed by atoms with Crippen LogP contribution in [0.25, 0.3) is 0 Å². The molecule has 0 aliphatic carbocycles. The summed E-state index contributed by atoms with van der Waals surface area (Å²) in [5.41, 5.74) is 1.27. The van der Waals surface area contributed by atoms with Gasteiger partial charge >= 0.3 is 0 Å². The Labute approximate surface area is 98.1 Å². The molecule has 1 heterocycles. The minimum absolute atomic E-state index is 0.434. The normalized spacial score (nSPS) is 9.81. The van der Waals surface area contributed by atoms with Crippen molar-refractivity contribution >= 4 is 23.1 Å². The number of aromatic nitrogens is 2. The molecule has 16 heavy (non-hydrogen) atoms. The molecule has 0 amide bonds. The van der Waals surface area contributed by atoms with Gasteiger partial charge in [0.1, 0.15) is 6.07 Å². The molecule has 4 nitrogen and oxygen atoms in total. The summed E-state index contributed by atoms with van der Waals surface area (Å²) in [5.74, 6) is 0.739. The van der Waals surface area contributed by atoms with Crippen LogP contribution < -0.4 is 5.32 Å². The minimum atomic E-state index is 0.434. The highest BCUT2D eigenvalue weighted by Gasteiger charge is 2.02. The fourth-order valence-corrected chi connectivity index (χ4v) is 1.54. The maximum atomic E-state index is 8.73. The summed E-state index contributed by atoms with van der Waals surface area (Å²) >= 11 is 5.91. The third-order valence-electron chi connectivity index (χ3n) is 2.08. The Balaban J connectivity index is 2.23. The zero-order valence-electron chi connectivity index (χ0n) is 8.61. The third kappa shape index (κ3) is 2.15. The highest BCUT2D eigenvalue weighted by atomic mass is 35.5. The lowest BCUT2D eigenvalue weighted by Gasteiger charge is -2.03. The van der Waals surface area contributed by atoms with Crippen LogP contribution in [0.1, 0.15) is 5.56 Å². The number of hydrogen-bond acceptors (Lipinski definition) is 3. The van der Waals surface area contributed by atoms with E-state index in [0.29, 0.717) is 10.6 Å². The standard InChI is InChI=1S/C11H9ClN4/c1-16-5-4-11(15-16)14-9-3-2-8(7-13)10(12)6-9/h2-6H,1H3,(H,14,15). The molecule has 0 aliphatic heterocycles. The summed E-state index contributed by atoms with van der Waals surface area (Å²) in [6.07, 6.45) is 1.84. The maximum Gasteiger partial charge on any atom is 0.152 e. The average molecular weight is 233 g/mol. The van der Waals surface area contributed by atoms with Crippen molar-refractivity contribution in [3.63, 3.8) is 0 Å². The van der Waals surface area contributed by atoms with Crippen molar-refractivity contribution in [2.45, 2.75) is 0 Å². The summed E-state index contributed by atoms with van der Waals surface area (Å²) in [6, 6.07) is 9.03. The van der Waals surface area contributed by atoms with Gasteiger partial charge in [-0.2, -0.15) is 10.4 Å². The van der Waals surface area contributed by atoms with Gasteiger partial charge in [-0.1, -0.05) is 11.6 Å². The fraction of sp³-hybridized carbons (Fsp3) is 0.0909. The molecule has 1 aromatic heterocycles. The van der Waals surface area contributed by atoms with E-state index >= 15 is 0 Å². The van der Waals surface area contributed by atoms with E-state index in [2.05, 4.69) is 10.4 Å². The number of aryl methyl sites for hydroxylation is 1. The summed E-state index contributed by atoms with van der Waals surface area (Å²) in [5, 5.41) is 16.4. The van der Waals surface area contributed by atoms with E-state index in [4.69, 9.17) is 16.9 Å². The zero-order chi connectivity index (χ0) is 11.5. The summed E-state index contributed by atoms with van der Waals surface area (Å²) in [6.45, 7) is 0. The molecule has 0 atom stereocenters. The van der Waals surface area contributed by atoms with Gasteiger partial charge in [-0.25, -0.2) is 0 Å². The number of anilines is 2. The van der Waals surface area contributed by atoms with Crippen LogP contribution in [0.2, 0.25) is 5.02 Å². The number of halogens is 1. The molecule has 0 bridgehead atoms. The van der Waals surface area contributed by atoms with Crippen molar-refractivity contribution in [3.8, 4) is 6.07 Å². The molecule has 0 fully saturated rings. The first-order valence-corrected chi connectivity index (χ1v) is 5.03. The molecule has 80 valence electrons. The SMILES string of the molecule is Cn1ccc(Nc2ccc(C#N)c(Cl)c2)n1. The van der Waals surface area contributed by atoms with Crippen LogP contribution in [0.3, 0.4) is 0 Å². The van der Waals surface area contributed by atoms with Crippen LogP contribution in [0.15, 0.2) is 30.5 Å². The van der Waals surface area contributed by atoms with Crippen molar-refractivity contribution in [1.82, 2.24) is 9.78 Å². The minimum Gasteiger partial charge on any atom is -0.339 e. The van der Waals surface area contributed by atoms with Crippen molar-refractivity contribution in [1.29, 1.82) is 5.26 Å². The van der Waals surface area contributed by atoms with Crippen molar-refractivity contribution in [3.05, 3.63) is 41.0 Å². The van der Waals surface area contributed by atoms with E-state index in [1.165, 1.54) is 0 Å². The van der Waals surface area contributed by atoms with E-state index < -0.39 is 0 Å². The van der Waals surface area contributed by atoms with E-state index in [1.807, 2.05) is 25.4 Å². The number of hydrogen-bond donors (Lipinski definition) is 1. The lowest BCUT2D eigenvalue weighted by atomic mass is 10.2. The molecular weight excluding hydrogens is 224 g/mol. The predicted molar refractivity (Wildman–Crippen MR) is 62.7 cm³/mol. The van der Waals surface area contributed by atoms with Crippen molar-refractivity contribution in [2.24, 2.45) is 7.05 Å². The van der Waals surface area contributed by atoms with Crippen LogP contribution in [0.4, 0.5) is 11.5 Å². The van der Waals surface area contributed by atoms with E-state index in [1.54, 1.807) is 22.9 Å².